The van der Waals surface area contributed by atoms with Gasteiger partial charge < -0.3 is 14.4 Å². The van der Waals surface area contributed by atoms with Crippen molar-refractivity contribution >= 4 is 0 Å². The van der Waals surface area contributed by atoms with Gasteiger partial charge in [-0.25, -0.2) is 4.98 Å². The summed E-state index contributed by atoms with van der Waals surface area (Å²) < 4.78 is 7.37. The Labute approximate surface area is 107 Å². The van der Waals surface area contributed by atoms with Crippen molar-refractivity contribution in [1.82, 2.24) is 9.55 Å². The SMILES string of the molecule is CCOc1cccc(C(O)c2cncn2CC)c1. The van der Waals surface area contributed by atoms with Crippen molar-refractivity contribution in [2.24, 2.45) is 0 Å². The van der Waals surface area contributed by atoms with Gasteiger partial charge in [0.25, 0.3) is 0 Å². The van der Waals surface area contributed by atoms with Crippen LogP contribution in [0.1, 0.15) is 31.2 Å². The molecule has 0 bridgehead atoms. The Balaban J connectivity index is 2.28. The predicted octanol–water partition coefficient (Wildman–Crippen LogP) is 2.38. The fourth-order valence-corrected chi connectivity index (χ4v) is 1.93. The van der Waals surface area contributed by atoms with E-state index in [-0.39, 0.29) is 0 Å². The highest BCUT2D eigenvalue weighted by Crippen LogP contribution is 2.24. The van der Waals surface area contributed by atoms with Gasteiger partial charge in [-0.3, -0.25) is 0 Å². The number of aromatic nitrogens is 2. The highest BCUT2D eigenvalue weighted by atomic mass is 16.5. The monoisotopic (exact) mass is 246 g/mol. The van der Waals surface area contributed by atoms with Crippen LogP contribution in [0.15, 0.2) is 36.8 Å². The molecule has 0 saturated heterocycles. The van der Waals surface area contributed by atoms with Gasteiger partial charge in [-0.15, -0.1) is 0 Å². The molecule has 1 unspecified atom stereocenters. The molecule has 96 valence electrons. The molecule has 1 aromatic carbocycles. The van der Waals surface area contributed by atoms with Crippen LogP contribution in [0.5, 0.6) is 5.75 Å². The summed E-state index contributed by atoms with van der Waals surface area (Å²) in [5, 5.41) is 10.4. The van der Waals surface area contributed by atoms with Crippen molar-refractivity contribution in [3.63, 3.8) is 0 Å². The summed E-state index contributed by atoms with van der Waals surface area (Å²) >= 11 is 0. The Morgan fingerprint density at radius 2 is 2.22 bits per heavy atom. The van der Waals surface area contributed by atoms with Gasteiger partial charge in [0.2, 0.25) is 0 Å². The molecule has 1 N–H and O–H groups in total. The summed E-state index contributed by atoms with van der Waals surface area (Å²) in [6.07, 6.45) is 2.75. The van der Waals surface area contributed by atoms with E-state index in [1.54, 1.807) is 12.5 Å². The van der Waals surface area contributed by atoms with Crippen molar-refractivity contribution in [2.45, 2.75) is 26.5 Å². The van der Waals surface area contributed by atoms with Crippen LogP contribution in [-0.4, -0.2) is 21.3 Å². The summed E-state index contributed by atoms with van der Waals surface area (Å²) in [4.78, 5) is 4.07. The van der Waals surface area contributed by atoms with Gasteiger partial charge in [-0.2, -0.15) is 0 Å². The van der Waals surface area contributed by atoms with Gasteiger partial charge in [0.1, 0.15) is 11.9 Å². The molecule has 0 aliphatic heterocycles. The van der Waals surface area contributed by atoms with Gasteiger partial charge in [0.05, 0.1) is 24.8 Å². The zero-order chi connectivity index (χ0) is 13.0. The van der Waals surface area contributed by atoms with Gasteiger partial charge in [-0.1, -0.05) is 12.1 Å². The fourth-order valence-electron chi connectivity index (χ4n) is 1.93. The number of hydrogen-bond donors (Lipinski definition) is 1. The molecule has 0 spiro atoms. The maximum absolute atomic E-state index is 10.4. The standard InChI is InChI=1S/C14H18N2O2/c1-3-16-10-15-9-13(16)14(17)11-6-5-7-12(8-11)18-4-2/h5-10,14,17H,3-4H2,1-2H3. The van der Waals surface area contributed by atoms with Crippen LogP contribution in [0.4, 0.5) is 0 Å². The molecule has 4 heteroatoms. The van der Waals surface area contributed by atoms with Gasteiger partial charge in [0.15, 0.2) is 0 Å². The van der Waals surface area contributed by atoms with Crippen molar-refractivity contribution < 1.29 is 9.84 Å². The summed E-state index contributed by atoms with van der Waals surface area (Å²) in [6.45, 7) is 5.37. The number of ether oxygens (including phenoxy) is 1. The molecule has 0 aliphatic carbocycles. The largest absolute Gasteiger partial charge is 0.494 e. The summed E-state index contributed by atoms with van der Waals surface area (Å²) in [5.41, 5.74) is 1.61. The van der Waals surface area contributed by atoms with E-state index in [0.717, 1.165) is 23.6 Å². The molecule has 2 rings (SSSR count). The van der Waals surface area contributed by atoms with Crippen molar-refractivity contribution in [3.8, 4) is 5.75 Å². The molecule has 2 aromatic rings. The number of aryl methyl sites for hydroxylation is 1. The third-order valence-electron chi connectivity index (χ3n) is 2.85. The van der Waals surface area contributed by atoms with E-state index in [1.807, 2.05) is 42.7 Å². The predicted molar refractivity (Wildman–Crippen MR) is 69.6 cm³/mol. The lowest BCUT2D eigenvalue weighted by atomic mass is 10.1. The summed E-state index contributed by atoms with van der Waals surface area (Å²) in [6, 6.07) is 7.52. The fraction of sp³-hybridized carbons (Fsp3) is 0.357. The smallest absolute Gasteiger partial charge is 0.121 e. The third-order valence-corrected chi connectivity index (χ3v) is 2.85. The number of aliphatic hydroxyl groups is 1. The molecule has 0 fully saturated rings. The maximum atomic E-state index is 10.4. The van der Waals surface area contributed by atoms with Crippen LogP contribution in [0.2, 0.25) is 0 Å². The molecule has 1 atom stereocenters. The van der Waals surface area contributed by atoms with E-state index in [9.17, 15) is 5.11 Å². The molecule has 18 heavy (non-hydrogen) atoms. The van der Waals surface area contributed by atoms with E-state index in [2.05, 4.69) is 4.98 Å². The van der Waals surface area contributed by atoms with Crippen LogP contribution in [-0.2, 0) is 6.54 Å². The number of nitrogens with zero attached hydrogens (tertiary/aromatic N) is 2. The van der Waals surface area contributed by atoms with Crippen LogP contribution >= 0.6 is 0 Å². The van der Waals surface area contributed by atoms with Gasteiger partial charge >= 0.3 is 0 Å². The van der Waals surface area contributed by atoms with Crippen LogP contribution in [0.3, 0.4) is 0 Å². The summed E-state index contributed by atoms with van der Waals surface area (Å²) in [7, 11) is 0. The first-order valence-corrected chi connectivity index (χ1v) is 6.17. The first-order chi connectivity index (χ1) is 8.76. The Morgan fingerprint density at radius 1 is 1.39 bits per heavy atom. The second kappa shape index (κ2) is 5.69. The minimum Gasteiger partial charge on any atom is -0.494 e. The zero-order valence-electron chi connectivity index (χ0n) is 10.7. The molecule has 4 nitrogen and oxygen atoms in total. The highest BCUT2D eigenvalue weighted by Gasteiger charge is 2.15. The lowest BCUT2D eigenvalue weighted by molar-refractivity contribution is 0.209. The normalized spacial score (nSPS) is 12.4. The van der Waals surface area contributed by atoms with Crippen molar-refractivity contribution in [1.29, 1.82) is 0 Å². The third kappa shape index (κ3) is 2.54. The average Bonchev–Trinajstić information content (AvgIpc) is 2.87. The molecule has 0 saturated carbocycles. The first kappa shape index (κ1) is 12.6. The summed E-state index contributed by atoms with van der Waals surface area (Å²) in [5.74, 6) is 0.775. The Bertz CT molecular complexity index is 508. The Morgan fingerprint density at radius 3 is 2.94 bits per heavy atom. The molecule has 0 amide bonds. The van der Waals surface area contributed by atoms with Crippen LogP contribution in [0.25, 0.3) is 0 Å². The molecule has 0 radical (unpaired) electrons. The number of rotatable bonds is 5. The Kier molecular flexibility index (Phi) is 3.99. The minimum absolute atomic E-state index is 0.618. The molecule has 0 aliphatic rings. The first-order valence-electron chi connectivity index (χ1n) is 6.17. The van der Waals surface area contributed by atoms with Crippen molar-refractivity contribution in [3.05, 3.63) is 48.0 Å². The van der Waals surface area contributed by atoms with Crippen LogP contribution < -0.4 is 4.74 Å². The topological polar surface area (TPSA) is 47.3 Å². The van der Waals surface area contributed by atoms with E-state index < -0.39 is 6.10 Å². The molecule has 1 heterocycles. The van der Waals surface area contributed by atoms with Gasteiger partial charge in [-0.05, 0) is 31.5 Å². The molecule has 1 aromatic heterocycles. The second-order valence-electron chi connectivity index (χ2n) is 4.01. The number of imidazole rings is 1. The maximum Gasteiger partial charge on any atom is 0.121 e. The number of aliphatic hydroxyl groups excluding tert-OH is 1. The highest BCUT2D eigenvalue weighted by molar-refractivity contribution is 5.33. The zero-order valence-corrected chi connectivity index (χ0v) is 10.7. The quantitative estimate of drug-likeness (QED) is 0.881. The van der Waals surface area contributed by atoms with Crippen LogP contribution in [0, 0.1) is 0 Å². The number of hydrogen-bond acceptors (Lipinski definition) is 3. The van der Waals surface area contributed by atoms with E-state index in [4.69, 9.17) is 4.74 Å². The lowest BCUT2D eigenvalue weighted by Gasteiger charge is -2.14. The second-order valence-corrected chi connectivity index (χ2v) is 4.01. The van der Waals surface area contributed by atoms with E-state index >= 15 is 0 Å². The van der Waals surface area contributed by atoms with E-state index in [1.165, 1.54) is 0 Å². The average molecular weight is 246 g/mol. The molecular weight excluding hydrogens is 228 g/mol. The Hall–Kier alpha value is -1.81. The van der Waals surface area contributed by atoms with Gasteiger partial charge in [0, 0.05) is 6.54 Å². The lowest BCUT2D eigenvalue weighted by Crippen LogP contribution is -2.07. The minimum atomic E-state index is -0.673. The van der Waals surface area contributed by atoms with Crippen molar-refractivity contribution in [2.75, 3.05) is 6.61 Å². The molecular formula is C14H18N2O2. The number of benzene rings is 1. The van der Waals surface area contributed by atoms with E-state index in [0.29, 0.717) is 6.61 Å².